The number of hydrogen-bond donors (Lipinski definition) is 1. The lowest BCUT2D eigenvalue weighted by Crippen LogP contribution is -2.40. The maximum Gasteiger partial charge on any atom is 0.298 e. The molecule has 2 aromatic carbocycles. The maximum absolute atomic E-state index is 12.3. The Morgan fingerprint density at radius 1 is 1.22 bits per heavy atom. The minimum atomic E-state index is 0.0997. The van der Waals surface area contributed by atoms with Crippen LogP contribution in [0, 0.1) is 6.92 Å². The summed E-state index contributed by atoms with van der Waals surface area (Å²) in [5.41, 5.74) is 4.16. The predicted molar refractivity (Wildman–Crippen MR) is 107 cm³/mol. The first-order valence-corrected chi connectivity index (χ1v) is 9.64. The Bertz CT molecular complexity index is 901. The lowest BCUT2D eigenvalue weighted by atomic mass is 10.0. The van der Waals surface area contributed by atoms with Crippen molar-refractivity contribution in [1.82, 2.24) is 10.3 Å². The second kappa shape index (κ2) is 7.82. The first kappa shape index (κ1) is 17.6. The second-order valence-corrected chi connectivity index (χ2v) is 7.18. The Labute approximate surface area is 159 Å². The van der Waals surface area contributed by atoms with Crippen LogP contribution in [0.25, 0.3) is 11.1 Å². The van der Waals surface area contributed by atoms with Crippen molar-refractivity contribution in [1.29, 1.82) is 0 Å². The van der Waals surface area contributed by atoms with Gasteiger partial charge in [-0.3, -0.25) is 4.79 Å². The third-order valence-electron chi connectivity index (χ3n) is 5.32. The van der Waals surface area contributed by atoms with Crippen LogP contribution in [0.2, 0.25) is 0 Å². The first-order valence-electron chi connectivity index (χ1n) is 9.64. The van der Waals surface area contributed by atoms with Crippen LogP contribution in [0.1, 0.15) is 30.4 Å². The van der Waals surface area contributed by atoms with E-state index in [2.05, 4.69) is 34.3 Å². The van der Waals surface area contributed by atoms with E-state index in [0.717, 1.165) is 36.9 Å². The van der Waals surface area contributed by atoms with E-state index < -0.39 is 0 Å². The van der Waals surface area contributed by atoms with E-state index in [0.29, 0.717) is 19.0 Å². The van der Waals surface area contributed by atoms with Gasteiger partial charge in [0.05, 0.1) is 6.04 Å². The lowest BCUT2D eigenvalue weighted by molar-refractivity contribution is -0.121. The Hall–Kier alpha value is -2.82. The molecule has 1 aromatic heterocycles. The number of anilines is 1. The van der Waals surface area contributed by atoms with E-state index >= 15 is 0 Å². The maximum atomic E-state index is 12.3. The van der Waals surface area contributed by atoms with E-state index in [-0.39, 0.29) is 11.9 Å². The van der Waals surface area contributed by atoms with Crippen LogP contribution in [0.4, 0.5) is 6.01 Å². The van der Waals surface area contributed by atoms with Gasteiger partial charge in [-0.1, -0.05) is 36.4 Å². The van der Waals surface area contributed by atoms with Crippen LogP contribution in [-0.4, -0.2) is 30.0 Å². The van der Waals surface area contributed by atoms with E-state index in [1.165, 1.54) is 11.1 Å². The fourth-order valence-corrected chi connectivity index (χ4v) is 3.74. The van der Waals surface area contributed by atoms with Gasteiger partial charge in [-0.25, -0.2) is 0 Å². The molecule has 0 spiro atoms. The summed E-state index contributed by atoms with van der Waals surface area (Å²) in [5, 5.41) is 3.10. The SMILES string of the molecule is Cc1ccccc1CCC(=O)NCC1CCCN1c1nc2ccccc2o1. The van der Waals surface area contributed by atoms with Crippen molar-refractivity contribution in [2.75, 3.05) is 18.0 Å². The number of nitrogens with one attached hydrogen (secondary N) is 1. The Balaban J connectivity index is 1.33. The highest BCUT2D eigenvalue weighted by atomic mass is 16.4. The van der Waals surface area contributed by atoms with Gasteiger partial charge in [-0.05, 0) is 49.4 Å². The number of aryl methyl sites for hydroxylation is 2. The first-order chi connectivity index (χ1) is 13.2. The number of aromatic nitrogens is 1. The highest BCUT2D eigenvalue weighted by Gasteiger charge is 2.28. The number of hydrogen-bond acceptors (Lipinski definition) is 4. The van der Waals surface area contributed by atoms with Crippen LogP contribution in [-0.2, 0) is 11.2 Å². The second-order valence-electron chi connectivity index (χ2n) is 7.18. The van der Waals surface area contributed by atoms with Crippen molar-refractivity contribution in [3.63, 3.8) is 0 Å². The van der Waals surface area contributed by atoms with Crippen molar-refractivity contribution < 1.29 is 9.21 Å². The zero-order valence-electron chi connectivity index (χ0n) is 15.6. The molecule has 1 atom stereocenters. The summed E-state index contributed by atoms with van der Waals surface area (Å²) in [6, 6.07) is 16.9. The van der Waals surface area contributed by atoms with Gasteiger partial charge >= 0.3 is 0 Å². The monoisotopic (exact) mass is 363 g/mol. The number of carbonyl (C=O) groups excluding carboxylic acids is 1. The molecule has 1 aliphatic heterocycles. The molecule has 4 rings (SSSR count). The molecule has 1 saturated heterocycles. The molecular formula is C22H25N3O2. The van der Waals surface area contributed by atoms with E-state index in [1.807, 2.05) is 36.4 Å². The number of carbonyl (C=O) groups is 1. The van der Waals surface area contributed by atoms with Crippen LogP contribution < -0.4 is 10.2 Å². The van der Waals surface area contributed by atoms with Crippen LogP contribution in [0.15, 0.2) is 52.9 Å². The van der Waals surface area contributed by atoms with Gasteiger partial charge in [-0.15, -0.1) is 0 Å². The number of benzene rings is 2. The summed E-state index contributed by atoms with van der Waals surface area (Å²) in [5.74, 6) is 0.0997. The minimum Gasteiger partial charge on any atom is -0.423 e. The quantitative estimate of drug-likeness (QED) is 0.723. The topological polar surface area (TPSA) is 58.4 Å². The molecule has 0 radical (unpaired) electrons. The summed E-state index contributed by atoms with van der Waals surface area (Å²) in [4.78, 5) is 19.1. The van der Waals surface area contributed by atoms with Crippen molar-refractivity contribution in [2.45, 2.75) is 38.6 Å². The number of para-hydroxylation sites is 2. The number of amides is 1. The van der Waals surface area contributed by atoms with Crippen LogP contribution in [0.3, 0.4) is 0 Å². The lowest BCUT2D eigenvalue weighted by Gasteiger charge is -2.23. The summed E-state index contributed by atoms with van der Waals surface area (Å²) < 4.78 is 5.91. The third-order valence-corrected chi connectivity index (χ3v) is 5.32. The Kier molecular flexibility index (Phi) is 5.10. The molecule has 5 heteroatoms. The molecule has 3 aromatic rings. The molecule has 0 aliphatic carbocycles. The number of fused-ring (bicyclic) bond motifs is 1. The smallest absolute Gasteiger partial charge is 0.298 e. The van der Waals surface area contributed by atoms with Crippen molar-refractivity contribution in [2.24, 2.45) is 0 Å². The van der Waals surface area contributed by atoms with Crippen molar-refractivity contribution in [3.8, 4) is 0 Å². The molecule has 1 amide bonds. The van der Waals surface area contributed by atoms with E-state index in [4.69, 9.17) is 4.42 Å². The molecule has 0 saturated carbocycles. The normalized spacial score (nSPS) is 16.8. The summed E-state index contributed by atoms with van der Waals surface area (Å²) in [6.07, 6.45) is 3.41. The molecular weight excluding hydrogens is 338 g/mol. The van der Waals surface area contributed by atoms with Crippen molar-refractivity contribution >= 4 is 23.0 Å². The van der Waals surface area contributed by atoms with Gasteiger partial charge in [0.1, 0.15) is 5.52 Å². The highest BCUT2D eigenvalue weighted by molar-refractivity contribution is 5.76. The molecule has 1 N–H and O–H groups in total. The zero-order valence-corrected chi connectivity index (χ0v) is 15.6. The molecule has 1 aliphatic rings. The predicted octanol–water partition coefficient (Wildman–Crippen LogP) is 3.85. The number of oxazole rings is 1. The summed E-state index contributed by atoms with van der Waals surface area (Å²) >= 11 is 0. The summed E-state index contributed by atoms with van der Waals surface area (Å²) in [7, 11) is 0. The fraction of sp³-hybridized carbons (Fsp3) is 0.364. The molecule has 140 valence electrons. The standard InChI is InChI=1S/C22H25N3O2/c1-16-7-2-3-8-17(16)12-13-21(26)23-15-18-9-6-14-25(18)22-24-19-10-4-5-11-20(19)27-22/h2-5,7-8,10-11,18H,6,9,12-15H2,1H3,(H,23,26). The molecule has 1 fully saturated rings. The highest BCUT2D eigenvalue weighted by Crippen LogP contribution is 2.28. The third kappa shape index (κ3) is 3.97. The number of rotatable bonds is 6. The summed E-state index contributed by atoms with van der Waals surface area (Å²) in [6.45, 7) is 3.63. The largest absolute Gasteiger partial charge is 0.423 e. The van der Waals surface area contributed by atoms with Gasteiger partial charge in [0.15, 0.2) is 5.58 Å². The fourth-order valence-electron chi connectivity index (χ4n) is 3.74. The molecule has 5 nitrogen and oxygen atoms in total. The molecule has 27 heavy (non-hydrogen) atoms. The van der Waals surface area contributed by atoms with Gasteiger partial charge in [0.2, 0.25) is 5.91 Å². The minimum absolute atomic E-state index is 0.0997. The van der Waals surface area contributed by atoms with E-state index in [9.17, 15) is 4.79 Å². The average molecular weight is 363 g/mol. The molecule has 0 bridgehead atoms. The molecule has 1 unspecified atom stereocenters. The Morgan fingerprint density at radius 3 is 2.89 bits per heavy atom. The van der Waals surface area contributed by atoms with Crippen LogP contribution in [0.5, 0.6) is 0 Å². The average Bonchev–Trinajstić information content (AvgIpc) is 3.31. The van der Waals surface area contributed by atoms with Gasteiger partial charge in [0.25, 0.3) is 6.01 Å². The number of nitrogens with zero attached hydrogens (tertiary/aromatic N) is 2. The van der Waals surface area contributed by atoms with Crippen molar-refractivity contribution in [3.05, 3.63) is 59.7 Å². The van der Waals surface area contributed by atoms with E-state index in [1.54, 1.807) is 0 Å². The Morgan fingerprint density at radius 2 is 2.04 bits per heavy atom. The zero-order chi connectivity index (χ0) is 18.6. The van der Waals surface area contributed by atoms with Crippen LogP contribution >= 0.6 is 0 Å². The van der Waals surface area contributed by atoms with Gasteiger partial charge in [0, 0.05) is 19.5 Å². The van der Waals surface area contributed by atoms with Gasteiger partial charge in [-0.2, -0.15) is 4.98 Å². The van der Waals surface area contributed by atoms with Gasteiger partial charge < -0.3 is 14.6 Å². The molecule has 2 heterocycles.